The first kappa shape index (κ1) is 80.3. The number of fused-ring (bicyclic) bond motifs is 35. The van der Waals surface area contributed by atoms with Gasteiger partial charge in [-0.25, -0.2) is 15.0 Å². The van der Waals surface area contributed by atoms with Crippen molar-refractivity contribution in [2.45, 2.75) is 0 Å². The second-order valence-electron chi connectivity index (χ2n) is 37.2. The van der Waals surface area contributed by atoms with Crippen LogP contribution >= 0.6 is 0 Å². The van der Waals surface area contributed by atoms with Crippen LogP contribution in [0.2, 0.25) is 0 Å². The van der Waals surface area contributed by atoms with Crippen LogP contribution in [-0.4, -0.2) is 15.0 Å². The summed E-state index contributed by atoms with van der Waals surface area (Å²) in [4.78, 5) is 16.8. The van der Waals surface area contributed by atoms with Gasteiger partial charge < -0.3 is 26.5 Å². The first-order valence-electron chi connectivity index (χ1n) is 48.3. The van der Waals surface area contributed by atoms with E-state index in [2.05, 4.69) is 309 Å². The fraction of sp³-hybridized carbons (Fsp3) is 0. The SMILES string of the molecule is N#Cc1ccc(-c2c3ccccc3c(-c3nc4c(ccc5c6ccccc6oc54)c4oc5ccccc5c34)c3ccccc23)c2ccccc12.N#Cc1ccc(-c2c3ccccc3c(-c3nc4c(ccc5c6ccccc6oc54)c4oc5ccccc5c34)c3ccccc23)cc1.c1ccc2c(-c3c4ccccc4c(-c4nc5c(ccc6c7ccccc7oc65)c5oc6ccccc6c45)c4ccccc34)cccc2c1. The van der Waals surface area contributed by atoms with Crippen molar-refractivity contribution in [2.24, 2.45) is 0 Å². The normalized spacial score (nSPS) is 12.0. The lowest BCUT2D eigenvalue weighted by Crippen LogP contribution is -1.95. The summed E-state index contributed by atoms with van der Waals surface area (Å²) in [5.74, 6) is 0. The molecule has 23 aromatic carbocycles. The molecule has 0 atom stereocenters. The molecule has 0 aliphatic heterocycles. The number of furan rings is 6. The van der Waals surface area contributed by atoms with Gasteiger partial charge in [0, 0.05) is 86.7 Å². The van der Waals surface area contributed by atoms with Crippen LogP contribution in [0.15, 0.2) is 457 Å². The number of para-hydroxylation sites is 6. The van der Waals surface area contributed by atoms with Gasteiger partial charge in [-0.2, -0.15) is 10.5 Å². The molecule has 32 rings (SSSR count). The third-order valence-corrected chi connectivity index (χ3v) is 29.6. The Labute approximate surface area is 818 Å². The van der Waals surface area contributed by atoms with E-state index in [1.165, 1.54) is 32.7 Å². The zero-order valence-electron chi connectivity index (χ0n) is 76.7. The van der Waals surface area contributed by atoms with Gasteiger partial charge >= 0.3 is 0 Å². The summed E-state index contributed by atoms with van der Waals surface area (Å²) < 4.78 is 39.8. The molecule has 664 valence electrons. The fourth-order valence-corrected chi connectivity index (χ4v) is 23.5. The van der Waals surface area contributed by atoms with Crippen molar-refractivity contribution in [1.29, 1.82) is 10.5 Å². The van der Waals surface area contributed by atoms with Crippen LogP contribution in [0.3, 0.4) is 0 Å². The van der Waals surface area contributed by atoms with E-state index in [4.69, 9.17) is 41.5 Å². The monoisotopic (exact) mass is 1830 g/mol. The Morgan fingerprint density at radius 1 is 0.167 bits per heavy atom. The maximum Gasteiger partial charge on any atom is 0.161 e. The van der Waals surface area contributed by atoms with E-state index in [1.807, 2.05) is 133 Å². The predicted octanol–water partition coefficient (Wildman–Crippen LogP) is 37.1. The highest BCUT2D eigenvalue weighted by molar-refractivity contribution is 6.35. The minimum atomic E-state index is 0.639. The second-order valence-corrected chi connectivity index (χ2v) is 37.2. The fourth-order valence-electron chi connectivity index (χ4n) is 23.5. The molecule has 0 unspecified atom stereocenters. The predicted molar refractivity (Wildman–Crippen MR) is 591 cm³/mol. The van der Waals surface area contributed by atoms with E-state index in [0.29, 0.717) is 11.1 Å². The van der Waals surface area contributed by atoms with Crippen molar-refractivity contribution >= 4 is 251 Å². The number of nitrogens with zero attached hydrogens (tertiary/aromatic N) is 5. The van der Waals surface area contributed by atoms with Gasteiger partial charge in [0.2, 0.25) is 0 Å². The molecular formula is C133H71N5O6. The Hall–Kier alpha value is -19.9. The number of pyridine rings is 3. The molecular weight excluding hydrogens is 1760 g/mol. The summed E-state index contributed by atoms with van der Waals surface area (Å²) in [5, 5.41) is 52.5. The topological polar surface area (TPSA) is 165 Å². The number of hydrogen-bond acceptors (Lipinski definition) is 11. The molecule has 0 aliphatic rings. The lowest BCUT2D eigenvalue weighted by atomic mass is 9.84. The smallest absolute Gasteiger partial charge is 0.161 e. The Morgan fingerprint density at radius 3 is 0.764 bits per heavy atom. The minimum absolute atomic E-state index is 0.639. The Kier molecular flexibility index (Phi) is 17.5. The summed E-state index contributed by atoms with van der Waals surface area (Å²) >= 11 is 0. The van der Waals surface area contributed by atoms with Gasteiger partial charge in [0.05, 0.1) is 56.5 Å². The quantitative estimate of drug-likeness (QED) is 0.145. The Balaban J connectivity index is 0.000000101. The zero-order chi connectivity index (χ0) is 94.6. The van der Waals surface area contributed by atoms with Crippen LogP contribution in [0.5, 0.6) is 0 Å². The molecule has 0 radical (unpaired) electrons. The van der Waals surface area contributed by atoms with E-state index < -0.39 is 0 Å². The van der Waals surface area contributed by atoms with Crippen molar-refractivity contribution in [3.63, 3.8) is 0 Å². The summed E-state index contributed by atoms with van der Waals surface area (Å²) in [5.41, 5.74) is 26.0. The molecule has 0 spiro atoms. The molecule has 0 fully saturated rings. The second kappa shape index (κ2) is 31.3. The molecule has 9 aromatic heterocycles. The maximum atomic E-state index is 9.96. The number of benzene rings is 23. The molecule has 11 heteroatoms. The minimum Gasteiger partial charge on any atom is -0.455 e. The first-order chi connectivity index (χ1) is 71.4. The summed E-state index contributed by atoms with van der Waals surface area (Å²) in [6.45, 7) is 0. The molecule has 0 bridgehead atoms. The van der Waals surface area contributed by atoms with E-state index in [0.717, 1.165) is 285 Å². The number of rotatable bonds is 6. The molecule has 9 heterocycles. The van der Waals surface area contributed by atoms with E-state index in [9.17, 15) is 10.5 Å². The Morgan fingerprint density at radius 2 is 0.424 bits per heavy atom. The van der Waals surface area contributed by atoms with Gasteiger partial charge in [0.1, 0.15) is 66.8 Å². The maximum absolute atomic E-state index is 9.96. The van der Waals surface area contributed by atoms with E-state index >= 15 is 0 Å². The highest BCUT2D eigenvalue weighted by Crippen LogP contribution is 2.56. The summed E-state index contributed by atoms with van der Waals surface area (Å²) in [6, 6.07) is 154. The number of nitriles is 2. The summed E-state index contributed by atoms with van der Waals surface area (Å²) in [7, 11) is 0. The molecule has 0 saturated carbocycles. The number of aromatic nitrogens is 3. The highest BCUT2D eigenvalue weighted by Gasteiger charge is 2.32. The molecule has 0 aliphatic carbocycles. The van der Waals surface area contributed by atoms with Gasteiger partial charge in [0.15, 0.2) is 16.7 Å². The zero-order valence-corrected chi connectivity index (χ0v) is 76.7. The first-order valence-corrected chi connectivity index (χ1v) is 48.3. The summed E-state index contributed by atoms with van der Waals surface area (Å²) in [6.07, 6.45) is 0. The van der Waals surface area contributed by atoms with Crippen LogP contribution < -0.4 is 0 Å². The largest absolute Gasteiger partial charge is 0.455 e. The van der Waals surface area contributed by atoms with Gasteiger partial charge in [-0.15, -0.1) is 0 Å². The standard InChI is InChI=1S/C46H24N2O2.C45H25NO2.C42H22N2O2/c47-25-26-21-22-34(28-12-2-1-11-27(26)28)40-30-14-3-5-16-32(30)41(33-17-6-4-15-31(33)40)44-42-36-18-8-10-20-39(36)49-45(42)37-24-23-35-29-13-7-9-19-38(29)50-46(35)43(37)48-44;1-2-14-27-26(12-1)13-11-21-29(27)39-30-16-3-5-18-32(30)40(33-19-6-4-17-31(33)39)43-41-35-20-8-10-23-38(35)47-44(41)36-25-24-34-28-15-7-9-22-37(28)48-45(34)42(36)46-43;43-23-24-17-19-25(20-18-24)36-27-10-1-3-12-29(27)37(30-13-4-2-11-28(30)36)40-38-32-14-6-8-16-35(32)45-41(38)33-22-21-31-26-9-5-7-15-34(26)46-42(31)39(33)44-40/h1-24H;1-25H;1-22H. The molecule has 0 amide bonds. The van der Waals surface area contributed by atoms with Crippen LogP contribution in [-0.2, 0) is 0 Å². The van der Waals surface area contributed by atoms with Crippen molar-refractivity contribution in [3.05, 3.63) is 442 Å². The molecule has 144 heavy (non-hydrogen) atoms. The van der Waals surface area contributed by atoms with E-state index in [-0.39, 0.29) is 0 Å². The lowest BCUT2D eigenvalue weighted by Gasteiger charge is -2.19. The van der Waals surface area contributed by atoms with Gasteiger partial charge in [0.25, 0.3) is 0 Å². The molecule has 11 nitrogen and oxygen atoms in total. The van der Waals surface area contributed by atoms with Crippen LogP contribution in [0.25, 0.3) is 318 Å². The average molecular weight is 1840 g/mol. The van der Waals surface area contributed by atoms with Crippen LogP contribution in [0.4, 0.5) is 0 Å². The van der Waals surface area contributed by atoms with Crippen LogP contribution in [0.1, 0.15) is 11.1 Å². The average Bonchev–Trinajstić information content (AvgIpc) is 1.48. The lowest BCUT2D eigenvalue weighted by molar-refractivity contribution is 0.668. The Bertz CT molecular complexity index is 11200. The third-order valence-electron chi connectivity index (χ3n) is 29.6. The third kappa shape index (κ3) is 11.8. The van der Waals surface area contributed by atoms with Gasteiger partial charge in [-0.3, -0.25) is 0 Å². The molecule has 0 N–H and O–H groups in total. The molecule has 32 aromatic rings. The van der Waals surface area contributed by atoms with Gasteiger partial charge in [-0.1, -0.05) is 340 Å². The van der Waals surface area contributed by atoms with Crippen molar-refractivity contribution < 1.29 is 26.5 Å². The van der Waals surface area contributed by atoms with Crippen LogP contribution in [0, 0.1) is 22.7 Å². The van der Waals surface area contributed by atoms with Crippen molar-refractivity contribution in [1.82, 2.24) is 15.0 Å². The number of hydrogen-bond donors (Lipinski definition) is 0. The van der Waals surface area contributed by atoms with Gasteiger partial charge in [-0.05, 0) is 205 Å². The van der Waals surface area contributed by atoms with Crippen molar-refractivity contribution in [3.8, 4) is 79.3 Å². The highest BCUT2D eigenvalue weighted by atomic mass is 16.4. The molecule has 0 saturated heterocycles. The van der Waals surface area contributed by atoms with Crippen molar-refractivity contribution in [2.75, 3.05) is 0 Å². The van der Waals surface area contributed by atoms with E-state index in [1.54, 1.807) is 0 Å².